The van der Waals surface area contributed by atoms with E-state index in [1.165, 1.54) is 16.7 Å². The first kappa shape index (κ1) is 16.6. The quantitative estimate of drug-likeness (QED) is 0.679. The Morgan fingerprint density at radius 2 is 1.75 bits per heavy atom. The second kappa shape index (κ2) is 6.69. The van der Waals surface area contributed by atoms with Gasteiger partial charge in [-0.25, -0.2) is 4.90 Å². The lowest BCUT2D eigenvalue weighted by Gasteiger charge is -2.20. The maximum atomic E-state index is 12.9. The first-order valence-electron chi connectivity index (χ1n) is 7.96. The Morgan fingerprint density at radius 3 is 2.46 bits per heavy atom. The summed E-state index contributed by atoms with van der Waals surface area (Å²) in [6.45, 7) is 4.11. The standard InChI is InChI=1S/C19H20N2O2S/c1-12(2)13-7-3-5-9-15(13)21-18(22)11-17(19(21)23)24-16-10-6-4-8-14(16)20/h3-10,12,17H,11,20H2,1-2H3/t17-/m0/s1. The minimum absolute atomic E-state index is 0.153. The molecule has 1 fully saturated rings. The van der Waals surface area contributed by atoms with Crippen LogP contribution in [0.1, 0.15) is 31.7 Å². The molecular weight excluding hydrogens is 320 g/mol. The maximum absolute atomic E-state index is 12.9. The van der Waals surface area contributed by atoms with E-state index in [-0.39, 0.29) is 24.2 Å². The lowest BCUT2D eigenvalue weighted by atomic mass is 10.0. The molecule has 0 radical (unpaired) electrons. The zero-order chi connectivity index (χ0) is 17.3. The van der Waals surface area contributed by atoms with Crippen molar-refractivity contribution >= 4 is 35.0 Å². The molecule has 0 aromatic heterocycles. The molecule has 0 unspecified atom stereocenters. The molecule has 0 bridgehead atoms. The molecule has 3 rings (SSSR count). The van der Waals surface area contributed by atoms with Gasteiger partial charge in [0.25, 0.3) is 0 Å². The average Bonchev–Trinajstić information content (AvgIpc) is 2.83. The Balaban J connectivity index is 1.89. The van der Waals surface area contributed by atoms with E-state index < -0.39 is 5.25 Å². The van der Waals surface area contributed by atoms with Crippen molar-refractivity contribution in [2.75, 3.05) is 10.6 Å². The number of carbonyl (C=O) groups is 2. The van der Waals surface area contributed by atoms with Gasteiger partial charge in [0.2, 0.25) is 11.8 Å². The number of anilines is 2. The fraction of sp³-hybridized carbons (Fsp3) is 0.263. The van der Waals surface area contributed by atoms with Gasteiger partial charge in [0.1, 0.15) is 0 Å². The van der Waals surface area contributed by atoms with Crippen molar-refractivity contribution in [3.8, 4) is 0 Å². The monoisotopic (exact) mass is 340 g/mol. The number of nitrogens with zero attached hydrogens (tertiary/aromatic N) is 1. The summed E-state index contributed by atoms with van der Waals surface area (Å²) >= 11 is 1.37. The second-order valence-corrected chi connectivity index (χ2v) is 7.37. The molecule has 24 heavy (non-hydrogen) atoms. The number of nitrogens with two attached hydrogens (primary N) is 1. The van der Waals surface area contributed by atoms with Crippen LogP contribution in [-0.4, -0.2) is 17.1 Å². The first-order valence-corrected chi connectivity index (χ1v) is 8.84. The number of hydrogen-bond acceptors (Lipinski definition) is 4. The van der Waals surface area contributed by atoms with Crippen LogP contribution in [0.25, 0.3) is 0 Å². The van der Waals surface area contributed by atoms with Crippen molar-refractivity contribution < 1.29 is 9.59 Å². The molecule has 1 saturated heterocycles. The van der Waals surface area contributed by atoms with Crippen molar-refractivity contribution in [2.45, 2.75) is 36.3 Å². The third-order valence-electron chi connectivity index (χ3n) is 4.09. The first-order chi connectivity index (χ1) is 11.5. The smallest absolute Gasteiger partial charge is 0.247 e. The number of carbonyl (C=O) groups excluding carboxylic acids is 2. The van der Waals surface area contributed by atoms with Crippen LogP contribution in [0.15, 0.2) is 53.4 Å². The summed E-state index contributed by atoms with van der Waals surface area (Å²) in [6, 6.07) is 15.0. The Hall–Kier alpha value is -2.27. The highest BCUT2D eigenvalue weighted by molar-refractivity contribution is 8.00. The molecule has 1 aliphatic heterocycles. The average molecular weight is 340 g/mol. The number of hydrogen-bond donors (Lipinski definition) is 1. The van der Waals surface area contributed by atoms with Crippen LogP contribution in [0, 0.1) is 0 Å². The van der Waals surface area contributed by atoms with E-state index in [1.807, 2.05) is 42.5 Å². The lowest BCUT2D eigenvalue weighted by molar-refractivity contribution is -0.121. The van der Waals surface area contributed by atoms with Crippen molar-refractivity contribution in [3.05, 3.63) is 54.1 Å². The molecule has 2 N–H and O–H groups in total. The molecule has 2 amide bonds. The van der Waals surface area contributed by atoms with Crippen LogP contribution >= 0.6 is 11.8 Å². The van der Waals surface area contributed by atoms with Crippen LogP contribution in [0.2, 0.25) is 0 Å². The number of thioether (sulfide) groups is 1. The normalized spacial score (nSPS) is 17.8. The van der Waals surface area contributed by atoms with E-state index in [1.54, 1.807) is 6.07 Å². The predicted molar refractivity (Wildman–Crippen MR) is 98.1 cm³/mol. The molecule has 4 nitrogen and oxygen atoms in total. The zero-order valence-electron chi connectivity index (χ0n) is 13.7. The number of nitrogen functional groups attached to an aromatic ring is 1. The van der Waals surface area contributed by atoms with Gasteiger partial charge < -0.3 is 5.73 Å². The summed E-state index contributed by atoms with van der Waals surface area (Å²) in [7, 11) is 0. The maximum Gasteiger partial charge on any atom is 0.247 e. The number of para-hydroxylation sites is 2. The number of imide groups is 1. The van der Waals surface area contributed by atoms with E-state index >= 15 is 0 Å². The van der Waals surface area contributed by atoms with Gasteiger partial charge in [-0.1, -0.05) is 44.2 Å². The van der Waals surface area contributed by atoms with Crippen molar-refractivity contribution in [1.29, 1.82) is 0 Å². The Labute approximate surface area is 146 Å². The molecule has 1 aliphatic rings. The van der Waals surface area contributed by atoms with Crippen LogP contribution < -0.4 is 10.6 Å². The summed E-state index contributed by atoms with van der Waals surface area (Å²) in [5.74, 6) is -0.0836. The van der Waals surface area contributed by atoms with Crippen molar-refractivity contribution in [1.82, 2.24) is 0 Å². The van der Waals surface area contributed by atoms with E-state index in [4.69, 9.17) is 5.73 Å². The Kier molecular flexibility index (Phi) is 4.62. The SMILES string of the molecule is CC(C)c1ccccc1N1C(=O)C[C@H](Sc2ccccc2N)C1=O. The predicted octanol–water partition coefficient (Wildman–Crippen LogP) is 3.82. The van der Waals surface area contributed by atoms with E-state index in [2.05, 4.69) is 13.8 Å². The number of amides is 2. The van der Waals surface area contributed by atoms with Gasteiger partial charge in [-0.15, -0.1) is 11.8 Å². The summed E-state index contributed by atoms with van der Waals surface area (Å²) < 4.78 is 0. The highest BCUT2D eigenvalue weighted by atomic mass is 32.2. The number of rotatable bonds is 4. The highest BCUT2D eigenvalue weighted by Crippen LogP contribution is 2.38. The van der Waals surface area contributed by atoms with E-state index in [9.17, 15) is 9.59 Å². The molecular formula is C19H20N2O2S. The minimum atomic E-state index is -0.428. The van der Waals surface area contributed by atoms with Crippen LogP contribution in [-0.2, 0) is 9.59 Å². The van der Waals surface area contributed by atoms with Gasteiger partial charge in [0.05, 0.1) is 10.9 Å². The van der Waals surface area contributed by atoms with E-state index in [0.717, 1.165) is 10.5 Å². The fourth-order valence-electron chi connectivity index (χ4n) is 2.87. The second-order valence-electron chi connectivity index (χ2n) is 6.13. The zero-order valence-corrected chi connectivity index (χ0v) is 14.5. The topological polar surface area (TPSA) is 63.4 Å². The molecule has 124 valence electrons. The van der Waals surface area contributed by atoms with Crippen LogP contribution in [0.3, 0.4) is 0 Å². The Bertz CT molecular complexity index is 788. The summed E-state index contributed by atoms with van der Waals surface area (Å²) in [6.07, 6.45) is 0.199. The largest absolute Gasteiger partial charge is 0.398 e. The lowest BCUT2D eigenvalue weighted by Crippen LogP contribution is -2.32. The number of benzene rings is 2. The van der Waals surface area contributed by atoms with Crippen LogP contribution in [0.4, 0.5) is 11.4 Å². The molecule has 5 heteroatoms. The highest BCUT2D eigenvalue weighted by Gasteiger charge is 2.41. The minimum Gasteiger partial charge on any atom is -0.398 e. The molecule has 1 heterocycles. The third kappa shape index (κ3) is 3.04. The van der Waals surface area contributed by atoms with Crippen molar-refractivity contribution in [3.63, 3.8) is 0 Å². The summed E-state index contributed by atoms with van der Waals surface area (Å²) in [4.78, 5) is 27.5. The van der Waals surface area contributed by atoms with Gasteiger partial charge in [0.15, 0.2) is 0 Å². The van der Waals surface area contributed by atoms with Gasteiger partial charge in [0, 0.05) is 17.0 Å². The molecule has 2 aromatic carbocycles. The third-order valence-corrected chi connectivity index (χ3v) is 5.37. The summed E-state index contributed by atoms with van der Waals surface area (Å²) in [5, 5.41) is -0.428. The molecule has 0 aliphatic carbocycles. The van der Waals surface area contributed by atoms with Crippen LogP contribution in [0.5, 0.6) is 0 Å². The molecule has 2 aromatic rings. The Morgan fingerprint density at radius 1 is 1.08 bits per heavy atom. The molecule has 0 saturated carbocycles. The fourth-order valence-corrected chi connectivity index (χ4v) is 3.97. The van der Waals surface area contributed by atoms with Gasteiger partial charge in [-0.2, -0.15) is 0 Å². The van der Waals surface area contributed by atoms with Gasteiger partial charge in [-0.3, -0.25) is 9.59 Å². The van der Waals surface area contributed by atoms with Gasteiger partial charge >= 0.3 is 0 Å². The molecule has 0 spiro atoms. The van der Waals surface area contributed by atoms with E-state index in [0.29, 0.717) is 11.4 Å². The van der Waals surface area contributed by atoms with Gasteiger partial charge in [-0.05, 0) is 29.7 Å². The van der Waals surface area contributed by atoms with Crippen molar-refractivity contribution in [2.24, 2.45) is 0 Å². The summed E-state index contributed by atoms with van der Waals surface area (Å²) in [5.41, 5.74) is 8.29. The molecule has 1 atom stereocenters.